The van der Waals surface area contributed by atoms with Gasteiger partial charge in [-0.1, -0.05) is 30.0 Å². The fourth-order valence-electron chi connectivity index (χ4n) is 2.59. The molecule has 0 radical (unpaired) electrons. The van der Waals surface area contributed by atoms with Crippen molar-refractivity contribution in [2.75, 3.05) is 12.9 Å². The van der Waals surface area contributed by atoms with Crippen LogP contribution in [0.5, 0.6) is 5.75 Å². The molecule has 6 nitrogen and oxygen atoms in total. The summed E-state index contributed by atoms with van der Waals surface area (Å²) in [4.78, 5) is 12.1. The number of rotatable bonds is 6. The predicted molar refractivity (Wildman–Crippen MR) is 110 cm³/mol. The van der Waals surface area contributed by atoms with Crippen LogP contribution < -0.4 is 4.74 Å². The molecule has 0 saturated carbocycles. The fourth-order valence-corrected chi connectivity index (χ4v) is 3.32. The normalized spacial score (nSPS) is 11.3. The van der Waals surface area contributed by atoms with E-state index in [4.69, 9.17) is 9.47 Å². The lowest BCUT2D eigenvalue weighted by Crippen LogP contribution is -2.25. The number of carbonyl (C=O) groups excluding carboxylic acids is 1. The average Bonchev–Trinajstić information content (AvgIpc) is 3.10. The Morgan fingerprint density at radius 1 is 1.04 bits per heavy atom. The fraction of sp³-hybridized carbons (Fsp3) is 0.286. The molecule has 0 spiro atoms. The van der Waals surface area contributed by atoms with Gasteiger partial charge in [0.05, 0.1) is 12.9 Å². The summed E-state index contributed by atoms with van der Waals surface area (Å²) < 4.78 is 12.6. The molecule has 2 aromatic carbocycles. The van der Waals surface area contributed by atoms with Crippen LogP contribution in [-0.2, 0) is 9.53 Å². The quantitative estimate of drug-likeness (QED) is 0.454. The van der Waals surface area contributed by atoms with E-state index in [0.29, 0.717) is 11.0 Å². The van der Waals surface area contributed by atoms with Crippen molar-refractivity contribution >= 4 is 17.7 Å². The van der Waals surface area contributed by atoms with Gasteiger partial charge in [-0.25, -0.2) is 0 Å². The van der Waals surface area contributed by atoms with Crippen molar-refractivity contribution in [3.05, 3.63) is 54.6 Å². The van der Waals surface area contributed by atoms with E-state index < -0.39 is 5.60 Å². The first-order valence-electron chi connectivity index (χ1n) is 8.87. The Labute approximate surface area is 168 Å². The van der Waals surface area contributed by atoms with Crippen LogP contribution in [-0.4, -0.2) is 39.2 Å². The third-order valence-corrected chi connectivity index (χ3v) is 4.64. The molecule has 1 aromatic heterocycles. The molecule has 28 heavy (non-hydrogen) atoms. The highest BCUT2D eigenvalue weighted by Gasteiger charge is 2.20. The summed E-state index contributed by atoms with van der Waals surface area (Å²) in [6.45, 7) is 5.55. The number of para-hydroxylation sites is 1. The molecule has 0 aliphatic rings. The Kier molecular flexibility index (Phi) is 6.04. The maximum Gasteiger partial charge on any atom is 0.316 e. The predicted octanol–water partition coefficient (Wildman–Crippen LogP) is 4.38. The van der Waals surface area contributed by atoms with Gasteiger partial charge in [-0.15, -0.1) is 10.2 Å². The Morgan fingerprint density at radius 2 is 1.71 bits per heavy atom. The number of esters is 1. The second-order valence-electron chi connectivity index (χ2n) is 7.08. The summed E-state index contributed by atoms with van der Waals surface area (Å²) in [5.41, 5.74) is 1.31. The molecule has 0 unspecified atom stereocenters. The molecule has 0 bridgehead atoms. The summed E-state index contributed by atoms with van der Waals surface area (Å²) in [6.07, 6.45) is 0. The molecule has 3 aromatic rings. The van der Waals surface area contributed by atoms with Crippen LogP contribution in [0.4, 0.5) is 0 Å². The SMILES string of the molecule is COc1ccc(-c2nnc(SCC(=O)OC(C)(C)C)n2-c2ccccc2)cc1. The first kappa shape index (κ1) is 19.9. The highest BCUT2D eigenvalue weighted by atomic mass is 32.2. The van der Waals surface area contributed by atoms with Gasteiger partial charge in [0.2, 0.25) is 0 Å². The first-order valence-corrected chi connectivity index (χ1v) is 9.86. The summed E-state index contributed by atoms with van der Waals surface area (Å²) in [7, 11) is 1.63. The summed E-state index contributed by atoms with van der Waals surface area (Å²) in [6, 6.07) is 17.5. The van der Waals surface area contributed by atoms with E-state index in [9.17, 15) is 4.79 Å². The minimum absolute atomic E-state index is 0.158. The second kappa shape index (κ2) is 8.48. The summed E-state index contributed by atoms with van der Waals surface area (Å²) >= 11 is 1.30. The van der Waals surface area contributed by atoms with E-state index in [2.05, 4.69) is 10.2 Å². The van der Waals surface area contributed by atoms with E-state index in [0.717, 1.165) is 17.0 Å². The molecule has 0 aliphatic heterocycles. The molecular weight excluding hydrogens is 374 g/mol. The molecule has 3 rings (SSSR count). The van der Waals surface area contributed by atoms with E-state index in [1.165, 1.54) is 11.8 Å². The molecular formula is C21H23N3O3S. The number of thioether (sulfide) groups is 1. The topological polar surface area (TPSA) is 66.2 Å². The minimum atomic E-state index is -0.515. The van der Waals surface area contributed by atoms with Gasteiger partial charge in [-0.3, -0.25) is 9.36 Å². The monoisotopic (exact) mass is 397 g/mol. The molecule has 1 heterocycles. The van der Waals surface area contributed by atoms with Crippen molar-refractivity contribution < 1.29 is 14.3 Å². The Balaban J connectivity index is 1.92. The third kappa shape index (κ3) is 4.92. The van der Waals surface area contributed by atoms with Crippen molar-refractivity contribution in [1.82, 2.24) is 14.8 Å². The van der Waals surface area contributed by atoms with Crippen molar-refractivity contribution in [1.29, 1.82) is 0 Å². The minimum Gasteiger partial charge on any atom is -0.497 e. The van der Waals surface area contributed by atoms with Gasteiger partial charge in [-0.2, -0.15) is 0 Å². The van der Waals surface area contributed by atoms with Gasteiger partial charge < -0.3 is 9.47 Å². The lowest BCUT2D eigenvalue weighted by atomic mass is 10.2. The number of carbonyl (C=O) groups is 1. The number of hydrogen-bond acceptors (Lipinski definition) is 6. The molecule has 0 amide bonds. The lowest BCUT2D eigenvalue weighted by molar-refractivity contribution is -0.151. The van der Waals surface area contributed by atoms with Crippen LogP contribution in [0.15, 0.2) is 59.8 Å². The van der Waals surface area contributed by atoms with Gasteiger partial charge in [-0.05, 0) is 57.2 Å². The molecule has 0 fully saturated rings. The highest BCUT2D eigenvalue weighted by Crippen LogP contribution is 2.29. The smallest absolute Gasteiger partial charge is 0.316 e. The summed E-state index contributed by atoms with van der Waals surface area (Å²) in [5.74, 6) is 1.34. The largest absolute Gasteiger partial charge is 0.497 e. The van der Waals surface area contributed by atoms with Crippen molar-refractivity contribution in [2.45, 2.75) is 31.5 Å². The zero-order valence-corrected chi connectivity index (χ0v) is 17.2. The summed E-state index contributed by atoms with van der Waals surface area (Å²) in [5, 5.41) is 9.31. The maximum absolute atomic E-state index is 12.1. The number of nitrogens with zero attached hydrogens (tertiary/aromatic N) is 3. The Bertz CT molecular complexity index is 932. The van der Waals surface area contributed by atoms with E-state index in [1.807, 2.05) is 79.9 Å². The van der Waals surface area contributed by atoms with E-state index in [1.54, 1.807) is 7.11 Å². The van der Waals surface area contributed by atoms with Crippen LogP contribution in [0.3, 0.4) is 0 Å². The zero-order chi connectivity index (χ0) is 20.1. The molecule has 7 heteroatoms. The van der Waals surface area contributed by atoms with Gasteiger partial charge in [0, 0.05) is 11.3 Å². The van der Waals surface area contributed by atoms with E-state index in [-0.39, 0.29) is 11.7 Å². The average molecular weight is 398 g/mol. The van der Waals surface area contributed by atoms with Crippen molar-refractivity contribution in [3.63, 3.8) is 0 Å². The molecule has 0 N–H and O–H groups in total. The van der Waals surface area contributed by atoms with Crippen molar-refractivity contribution in [2.24, 2.45) is 0 Å². The van der Waals surface area contributed by atoms with Crippen LogP contribution in [0.2, 0.25) is 0 Å². The Hall–Kier alpha value is -2.80. The molecule has 0 saturated heterocycles. The van der Waals surface area contributed by atoms with Crippen LogP contribution in [0.1, 0.15) is 20.8 Å². The third-order valence-electron chi connectivity index (χ3n) is 3.74. The maximum atomic E-state index is 12.1. The number of methoxy groups -OCH3 is 1. The van der Waals surface area contributed by atoms with Crippen LogP contribution in [0, 0.1) is 0 Å². The lowest BCUT2D eigenvalue weighted by Gasteiger charge is -2.19. The number of ether oxygens (including phenoxy) is 2. The van der Waals surface area contributed by atoms with Gasteiger partial charge >= 0.3 is 5.97 Å². The van der Waals surface area contributed by atoms with Gasteiger partial charge in [0.15, 0.2) is 11.0 Å². The number of benzene rings is 2. The van der Waals surface area contributed by atoms with Crippen LogP contribution >= 0.6 is 11.8 Å². The number of hydrogen-bond donors (Lipinski definition) is 0. The first-order chi connectivity index (χ1) is 13.4. The van der Waals surface area contributed by atoms with Gasteiger partial charge in [0.25, 0.3) is 0 Å². The van der Waals surface area contributed by atoms with E-state index >= 15 is 0 Å². The van der Waals surface area contributed by atoms with Crippen molar-refractivity contribution in [3.8, 4) is 22.8 Å². The van der Waals surface area contributed by atoms with Crippen LogP contribution in [0.25, 0.3) is 17.1 Å². The van der Waals surface area contributed by atoms with Gasteiger partial charge in [0.1, 0.15) is 11.4 Å². The number of aromatic nitrogens is 3. The molecule has 146 valence electrons. The zero-order valence-electron chi connectivity index (χ0n) is 16.4. The molecule has 0 aliphatic carbocycles. The highest BCUT2D eigenvalue weighted by molar-refractivity contribution is 7.99. The standard InChI is InChI=1S/C21H23N3O3S/c1-21(2,3)27-18(25)14-28-20-23-22-19(15-10-12-17(26-4)13-11-15)24(20)16-8-6-5-7-9-16/h5-13H,14H2,1-4H3. The second-order valence-corrected chi connectivity index (χ2v) is 8.02. The Morgan fingerprint density at radius 3 is 2.32 bits per heavy atom. The molecule has 0 atom stereocenters.